The molecule has 0 unspecified atom stereocenters. The third kappa shape index (κ3) is 4.14. The van der Waals surface area contributed by atoms with Crippen LogP contribution in [0.25, 0.3) is 11.0 Å². The largest absolute Gasteiger partial charge is 0.368 e. The Morgan fingerprint density at radius 1 is 1.06 bits per heavy atom. The topological polar surface area (TPSA) is 69.5 Å². The number of hydrogen-bond donors (Lipinski definition) is 1. The van der Waals surface area contributed by atoms with Crippen LogP contribution in [0.15, 0.2) is 36.7 Å². The molecule has 2 saturated heterocycles. The Bertz CT molecular complexity index is 1220. The quantitative estimate of drug-likeness (QED) is 0.631. The highest BCUT2D eigenvalue weighted by Crippen LogP contribution is 2.36. The van der Waals surface area contributed by atoms with Crippen molar-refractivity contribution in [3.63, 3.8) is 0 Å². The minimum atomic E-state index is 0.212. The van der Waals surface area contributed by atoms with Crippen LogP contribution < -0.4 is 15.1 Å². The minimum Gasteiger partial charge on any atom is -0.368 e. The standard InChI is InChI=1S/C27H35N7O/c1-19-17-34(25-7-10-29-26-24(25)16-30-31(26)2)18-21-3-4-22(15-23(19)21)32-11-13-33(14-12-32)27(35)20-5-8-28-9-6-20/h3-4,7,10,15-16,19-20,28H,5-6,8-9,11-14,17-18H2,1-2H3/t19-/m0/s1. The lowest BCUT2D eigenvalue weighted by Gasteiger charge is -2.39. The molecule has 35 heavy (non-hydrogen) atoms. The number of hydrogen-bond acceptors (Lipinski definition) is 6. The second kappa shape index (κ2) is 9.15. The number of aryl methyl sites for hydroxylation is 1. The Balaban J connectivity index is 1.15. The highest BCUT2D eigenvalue weighted by atomic mass is 16.2. The summed E-state index contributed by atoms with van der Waals surface area (Å²) in [5.41, 5.74) is 6.26. The molecule has 184 valence electrons. The second-order valence-electron chi connectivity index (χ2n) is 10.3. The smallest absolute Gasteiger partial charge is 0.225 e. The van der Waals surface area contributed by atoms with Crippen LogP contribution in [0.4, 0.5) is 11.4 Å². The highest BCUT2D eigenvalue weighted by Gasteiger charge is 2.29. The maximum Gasteiger partial charge on any atom is 0.225 e. The van der Waals surface area contributed by atoms with Gasteiger partial charge in [-0.3, -0.25) is 9.48 Å². The number of piperazine rings is 1. The summed E-state index contributed by atoms with van der Waals surface area (Å²) in [7, 11) is 1.94. The Morgan fingerprint density at radius 3 is 2.66 bits per heavy atom. The van der Waals surface area contributed by atoms with E-state index in [-0.39, 0.29) is 5.92 Å². The maximum atomic E-state index is 12.9. The van der Waals surface area contributed by atoms with Gasteiger partial charge in [0.15, 0.2) is 5.65 Å². The van der Waals surface area contributed by atoms with Crippen LogP contribution in [0.2, 0.25) is 0 Å². The Hall–Kier alpha value is -3.13. The number of aromatic nitrogens is 3. The van der Waals surface area contributed by atoms with E-state index in [0.29, 0.717) is 11.8 Å². The number of fused-ring (bicyclic) bond motifs is 2. The van der Waals surface area contributed by atoms with Gasteiger partial charge in [-0.1, -0.05) is 13.0 Å². The van der Waals surface area contributed by atoms with Crippen LogP contribution in [0, 0.1) is 5.92 Å². The summed E-state index contributed by atoms with van der Waals surface area (Å²) < 4.78 is 1.84. The third-order valence-electron chi connectivity index (χ3n) is 8.11. The number of benzene rings is 1. The van der Waals surface area contributed by atoms with Crippen molar-refractivity contribution in [1.82, 2.24) is 25.0 Å². The van der Waals surface area contributed by atoms with E-state index in [9.17, 15) is 4.79 Å². The van der Waals surface area contributed by atoms with Gasteiger partial charge < -0.3 is 20.0 Å². The van der Waals surface area contributed by atoms with Crippen LogP contribution in [0.1, 0.15) is 36.8 Å². The minimum absolute atomic E-state index is 0.212. The molecule has 1 aromatic carbocycles. The van der Waals surface area contributed by atoms with Crippen molar-refractivity contribution in [2.75, 3.05) is 55.6 Å². The van der Waals surface area contributed by atoms with E-state index in [2.05, 4.69) is 61.3 Å². The molecule has 2 aromatic heterocycles. The zero-order chi connectivity index (χ0) is 23.9. The molecule has 6 rings (SSSR count). The number of piperidine rings is 1. The van der Waals surface area contributed by atoms with E-state index in [1.165, 1.54) is 22.5 Å². The number of nitrogens with zero attached hydrogens (tertiary/aromatic N) is 6. The third-order valence-corrected chi connectivity index (χ3v) is 8.11. The van der Waals surface area contributed by atoms with E-state index in [1.807, 2.05) is 24.1 Å². The number of carbonyl (C=O) groups excluding carboxylic acids is 1. The molecule has 0 bridgehead atoms. The van der Waals surface area contributed by atoms with E-state index < -0.39 is 0 Å². The molecule has 2 fully saturated rings. The molecular formula is C27H35N7O. The summed E-state index contributed by atoms with van der Waals surface area (Å²) in [5.74, 6) is 1.01. The summed E-state index contributed by atoms with van der Waals surface area (Å²) in [6, 6.07) is 9.08. The Labute approximate surface area is 206 Å². The van der Waals surface area contributed by atoms with E-state index in [0.717, 1.165) is 76.2 Å². The summed E-state index contributed by atoms with van der Waals surface area (Å²) in [6.45, 7) is 9.60. The monoisotopic (exact) mass is 473 g/mol. The summed E-state index contributed by atoms with van der Waals surface area (Å²) in [6.07, 6.45) is 5.77. The average Bonchev–Trinajstić information content (AvgIpc) is 3.29. The van der Waals surface area contributed by atoms with Crippen molar-refractivity contribution in [3.05, 3.63) is 47.8 Å². The summed E-state index contributed by atoms with van der Waals surface area (Å²) in [5, 5.41) is 8.89. The SMILES string of the molecule is C[C@H]1CN(c2ccnc3c2cnn3C)Cc2ccc(N3CCN(C(=O)C4CCNCC4)CC3)cc21. The van der Waals surface area contributed by atoms with Crippen LogP contribution in [0.5, 0.6) is 0 Å². The molecule has 3 aliphatic heterocycles. The van der Waals surface area contributed by atoms with E-state index in [4.69, 9.17) is 0 Å². The Kier molecular flexibility index (Phi) is 5.84. The molecule has 1 atom stereocenters. The van der Waals surface area contributed by atoms with Gasteiger partial charge in [0.25, 0.3) is 0 Å². The molecule has 8 heteroatoms. The van der Waals surface area contributed by atoms with Crippen LogP contribution in [-0.4, -0.2) is 71.4 Å². The number of rotatable bonds is 3. The van der Waals surface area contributed by atoms with Gasteiger partial charge in [-0.25, -0.2) is 4.98 Å². The van der Waals surface area contributed by atoms with Crippen LogP contribution in [0.3, 0.4) is 0 Å². The normalized spacial score (nSPS) is 21.4. The van der Waals surface area contributed by atoms with Crippen molar-refractivity contribution in [2.45, 2.75) is 32.2 Å². The van der Waals surface area contributed by atoms with Gasteiger partial charge in [-0.2, -0.15) is 5.10 Å². The zero-order valence-electron chi connectivity index (χ0n) is 20.8. The van der Waals surface area contributed by atoms with E-state index in [1.54, 1.807) is 0 Å². The van der Waals surface area contributed by atoms with Crippen molar-refractivity contribution >= 4 is 28.3 Å². The van der Waals surface area contributed by atoms with Crippen molar-refractivity contribution in [2.24, 2.45) is 13.0 Å². The molecule has 1 N–H and O–H groups in total. The molecule has 0 radical (unpaired) electrons. The predicted molar refractivity (Wildman–Crippen MR) is 139 cm³/mol. The highest BCUT2D eigenvalue weighted by molar-refractivity contribution is 5.89. The molecular weight excluding hydrogens is 438 g/mol. The number of anilines is 2. The number of carbonyl (C=O) groups is 1. The molecule has 1 amide bonds. The van der Waals surface area contributed by atoms with Gasteiger partial charge in [0.05, 0.1) is 17.3 Å². The maximum absolute atomic E-state index is 12.9. The number of pyridine rings is 1. The van der Waals surface area contributed by atoms with Gasteiger partial charge in [-0.05, 0) is 61.2 Å². The lowest BCUT2D eigenvalue weighted by molar-refractivity contribution is -0.136. The van der Waals surface area contributed by atoms with Gasteiger partial charge in [0, 0.05) is 64.1 Å². The molecule has 3 aromatic rings. The first kappa shape index (κ1) is 22.3. The van der Waals surface area contributed by atoms with Crippen molar-refractivity contribution < 1.29 is 4.79 Å². The molecule has 8 nitrogen and oxygen atoms in total. The molecule has 0 spiro atoms. The fourth-order valence-corrected chi connectivity index (χ4v) is 6.09. The lowest BCUT2D eigenvalue weighted by Crippen LogP contribution is -2.51. The predicted octanol–water partition coefficient (Wildman–Crippen LogP) is 2.74. The Morgan fingerprint density at radius 2 is 1.86 bits per heavy atom. The summed E-state index contributed by atoms with van der Waals surface area (Å²) >= 11 is 0. The van der Waals surface area contributed by atoms with Crippen molar-refractivity contribution in [1.29, 1.82) is 0 Å². The fourth-order valence-electron chi connectivity index (χ4n) is 6.09. The second-order valence-corrected chi connectivity index (χ2v) is 10.3. The van der Waals surface area contributed by atoms with Gasteiger partial charge in [0.1, 0.15) is 0 Å². The number of nitrogens with one attached hydrogen (secondary N) is 1. The van der Waals surface area contributed by atoms with Crippen molar-refractivity contribution in [3.8, 4) is 0 Å². The molecule has 5 heterocycles. The van der Waals surface area contributed by atoms with E-state index >= 15 is 0 Å². The van der Waals surface area contributed by atoms with Gasteiger partial charge >= 0.3 is 0 Å². The summed E-state index contributed by atoms with van der Waals surface area (Å²) in [4.78, 5) is 24.4. The molecule has 0 saturated carbocycles. The number of amides is 1. The zero-order valence-corrected chi connectivity index (χ0v) is 20.8. The average molecular weight is 474 g/mol. The van der Waals surface area contributed by atoms with Gasteiger partial charge in [0.2, 0.25) is 5.91 Å². The first-order chi connectivity index (χ1) is 17.1. The van der Waals surface area contributed by atoms with Gasteiger partial charge in [-0.15, -0.1) is 0 Å². The molecule has 3 aliphatic rings. The first-order valence-corrected chi connectivity index (χ1v) is 13.0. The fraction of sp³-hybridized carbons (Fsp3) is 0.519. The molecule has 0 aliphatic carbocycles. The van der Waals surface area contributed by atoms with Crippen LogP contribution in [-0.2, 0) is 18.4 Å². The lowest BCUT2D eigenvalue weighted by atomic mass is 9.90. The first-order valence-electron chi connectivity index (χ1n) is 13.0. The van der Waals surface area contributed by atoms with Crippen LogP contribution >= 0.6 is 0 Å².